The quantitative estimate of drug-likeness (QED) is 0.242. The highest BCUT2D eigenvalue weighted by Gasteiger charge is 2.20. The Balaban J connectivity index is 0.000000147. The first-order chi connectivity index (χ1) is 17.8. The van der Waals surface area contributed by atoms with Crippen LogP contribution in [0.3, 0.4) is 0 Å². The van der Waals surface area contributed by atoms with Crippen molar-refractivity contribution in [1.29, 1.82) is 0 Å². The molecule has 178 valence electrons. The maximum Gasteiger partial charge on any atom is 0.0964 e. The van der Waals surface area contributed by atoms with Crippen LogP contribution < -0.4 is 0 Å². The molecule has 1 atom stereocenters. The molecule has 2 heteroatoms. The zero-order chi connectivity index (χ0) is 24.3. The fourth-order valence-electron chi connectivity index (χ4n) is 5.86. The summed E-state index contributed by atoms with van der Waals surface area (Å²) in [7, 11) is 0. The summed E-state index contributed by atoms with van der Waals surface area (Å²) in [5.41, 5.74) is 5.18. The van der Waals surface area contributed by atoms with Crippen molar-refractivity contribution in [2.75, 3.05) is 0 Å². The lowest BCUT2D eigenvalue weighted by Crippen LogP contribution is -2.14. The predicted octanol–water partition coefficient (Wildman–Crippen LogP) is 9.07. The maximum atomic E-state index is 4.35. The van der Waals surface area contributed by atoms with E-state index < -0.39 is 0 Å². The van der Waals surface area contributed by atoms with Gasteiger partial charge in [0.25, 0.3) is 0 Å². The molecule has 0 fully saturated rings. The van der Waals surface area contributed by atoms with Crippen LogP contribution in [-0.2, 0) is 12.8 Å². The zero-order valence-corrected chi connectivity index (χ0v) is 21.0. The Morgan fingerprint density at radius 1 is 0.667 bits per heavy atom. The molecule has 6 aromatic rings. The number of fused-ring (bicyclic) bond motifs is 8. The van der Waals surface area contributed by atoms with Gasteiger partial charge in [-0.1, -0.05) is 99.0 Å². The summed E-state index contributed by atoms with van der Waals surface area (Å²) >= 11 is 0. The second-order valence-electron chi connectivity index (χ2n) is 10.1. The molecule has 7 rings (SSSR count). The molecule has 0 spiro atoms. The summed E-state index contributed by atoms with van der Waals surface area (Å²) < 4.78 is 0. The van der Waals surface area contributed by atoms with Gasteiger partial charge in [0, 0.05) is 23.2 Å². The molecule has 4 aromatic carbocycles. The van der Waals surface area contributed by atoms with Crippen molar-refractivity contribution in [3.63, 3.8) is 0 Å². The summed E-state index contributed by atoms with van der Waals surface area (Å²) in [6.07, 6.45) is 11.7. The Morgan fingerprint density at radius 2 is 1.33 bits per heavy atom. The molecule has 0 saturated heterocycles. The molecule has 0 amide bonds. The molecule has 0 saturated carbocycles. The third-order valence-corrected chi connectivity index (χ3v) is 7.76. The number of hydrogen-bond donors (Lipinski definition) is 0. The maximum absolute atomic E-state index is 4.35. The van der Waals surface area contributed by atoms with E-state index in [1.807, 2.05) is 12.1 Å². The summed E-state index contributed by atoms with van der Waals surface area (Å²) in [4.78, 5) is 8.69. The second-order valence-corrected chi connectivity index (χ2v) is 10.1. The molecular formula is C34H32N2. The van der Waals surface area contributed by atoms with Gasteiger partial charge in [-0.3, -0.25) is 9.97 Å². The van der Waals surface area contributed by atoms with Gasteiger partial charge in [-0.15, -0.1) is 0 Å². The smallest absolute Gasteiger partial charge is 0.0964 e. The average molecular weight is 469 g/mol. The third kappa shape index (κ3) is 4.33. The molecule has 2 aromatic heterocycles. The van der Waals surface area contributed by atoms with Crippen molar-refractivity contribution in [1.82, 2.24) is 9.97 Å². The molecule has 0 aliphatic heterocycles. The number of benzene rings is 4. The van der Waals surface area contributed by atoms with Crippen LogP contribution >= 0.6 is 0 Å². The molecular weight excluding hydrogens is 436 g/mol. The van der Waals surface area contributed by atoms with Crippen molar-refractivity contribution >= 4 is 43.4 Å². The summed E-state index contributed by atoms with van der Waals surface area (Å²) in [5, 5.41) is 7.95. The number of pyridine rings is 2. The molecule has 0 N–H and O–H groups in total. The van der Waals surface area contributed by atoms with E-state index in [9.17, 15) is 0 Å². The molecule has 1 aliphatic rings. The fraction of sp³-hybridized carbons (Fsp3) is 0.235. The lowest BCUT2D eigenvalue weighted by molar-refractivity contribution is 0.414. The van der Waals surface area contributed by atoms with Crippen molar-refractivity contribution in [2.24, 2.45) is 5.92 Å². The number of nitrogens with zero attached hydrogens (tertiary/aromatic N) is 2. The summed E-state index contributed by atoms with van der Waals surface area (Å²) in [6, 6.07) is 30.3. The van der Waals surface area contributed by atoms with Gasteiger partial charge in [-0.05, 0) is 70.0 Å². The van der Waals surface area contributed by atoms with E-state index in [0.29, 0.717) is 0 Å². The molecule has 1 unspecified atom stereocenters. The third-order valence-electron chi connectivity index (χ3n) is 7.76. The Bertz CT molecular complexity index is 1610. The standard InChI is InChI=1S/C22H24.C12H8N2/c1-2-3-6-16-9-12-20-18(15-16)11-14-21-19-8-5-4-7-17(19)10-13-22(20)21;1-3-9-5-6-10-4-2-8-14-12(10)11(9)13-7-1/h4-5,7-8,10-11,13-14,16H,2-3,6,9,12,15H2,1H3;1-8H. The Labute approximate surface area is 213 Å². The normalized spacial score (nSPS) is 15.1. The molecule has 2 heterocycles. The molecule has 2 nitrogen and oxygen atoms in total. The highest BCUT2D eigenvalue weighted by atomic mass is 14.7. The van der Waals surface area contributed by atoms with E-state index in [2.05, 4.69) is 89.7 Å². The number of aromatic nitrogens is 2. The van der Waals surface area contributed by atoms with Crippen molar-refractivity contribution in [2.45, 2.75) is 45.4 Å². The van der Waals surface area contributed by atoms with Crippen LogP contribution in [0.1, 0.15) is 43.7 Å². The number of unbranched alkanes of at least 4 members (excludes halogenated alkanes) is 1. The number of aryl methyl sites for hydroxylation is 1. The first-order valence-corrected chi connectivity index (χ1v) is 13.3. The number of rotatable bonds is 3. The highest BCUT2D eigenvalue weighted by Crippen LogP contribution is 2.36. The molecule has 36 heavy (non-hydrogen) atoms. The fourth-order valence-corrected chi connectivity index (χ4v) is 5.86. The minimum Gasteiger partial charge on any atom is -0.254 e. The van der Waals surface area contributed by atoms with E-state index >= 15 is 0 Å². The monoisotopic (exact) mass is 468 g/mol. The van der Waals surface area contributed by atoms with Gasteiger partial charge in [-0.2, -0.15) is 0 Å². The molecule has 1 aliphatic carbocycles. The van der Waals surface area contributed by atoms with E-state index in [-0.39, 0.29) is 0 Å². The molecule has 0 bridgehead atoms. The van der Waals surface area contributed by atoms with Crippen molar-refractivity contribution < 1.29 is 0 Å². The topological polar surface area (TPSA) is 25.8 Å². The predicted molar refractivity (Wildman–Crippen MR) is 154 cm³/mol. The molecule has 0 radical (unpaired) electrons. The van der Waals surface area contributed by atoms with Crippen LogP contribution in [0, 0.1) is 5.92 Å². The number of hydrogen-bond acceptors (Lipinski definition) is 2. The van der Waals surface area contributed by atoms with Gasteiger partial charge < -0.3 is 0 Å². The van der Waals surface area contributed by atoms with Gasteiger partial charge in [0.2, 0.25) is 0 Å². The van der Waals surface area contributed by atoms with E-state index in [0.717, 1.165) is 27.7 Å². The van der Waals surface area contributed by atoms with Crippen LogP contribution in [0.5, 0.6) is 0 Å². The largest absolute Gasteiger partial charge is 0.254 e. The first-order valence-electron chi connectivity index (χ1n) is 13.3. The second kappa shape index (κ2) is 10.1. The van der Waals surface area contributed by atoms with Crippen LogP contribution in [0.4, 0.5) is 0 Å². The van der Waals surface area contributed by atoms with Crippen molar-refractivity contribution in [3.8, 4) is 0 Å². The van der Waals surface area contributed by atoms with Crippen molar-refractivity contribution in [3.05, 3.63) is 108 Å². The Hall–Kier alpha value is -3.78. The zero-order valence-electron chi connectivity index (χ0n) is 21.0. The Morgan fingerprint density at radius 3 is 2.08 bits per heavy atom. The van der Waals surface area contributed by atoms with Crippen LogP contribution in [0.2, 0.25) is 0 Å². The average Bonchev–Trinajstić information content (AvgIpc) is 2.96. The minimum absolute atomic E-state index is 0.908. The van der Waals surface area contributed by atoms with Crippen LogP contribution in [0.25, 0.3) is 43.4 Å². The Kier molecular flexibility index (Phi) is 6.34. The highest BCUT2D eigenvalue weighted by molar-refractivity contribution is 6.08. The van der Waals surface area contributed by atoms with Gasteiger partial charge in [0.1, 0.15) is 0 Å². The lowest BCUT2D eigenvalue weighted by atomic mass is 9.79. The van der Waals surface area contributed by atoms with E-state index in [1.54, 1.807) is 23.5 Å². The SMILES string of the molecule is CCCCC1CCc2c(ccc3c2ccc2ccccc23)C1.c1cnc2c(c1)ccc1cccnc12. The van der Waals surface area contributed by atoms with Gasteiger partial charge in [0.05, 0.1) is 11.0 Å². The van der Waals surface area contributed by atoms with E-state index in [1.165, 1.54) is 60.1 Å². The summed E-state index contributed by atoms with van der Waals surface area (Å²) in [6.45, 7) is 2.30. The first kappa shape index (κ1) is 22.7. The van der Waals surface area contributed by atoms with Gasteiger partial charge >= 0.3 is 0 Å². The van der Waals surface area contributed by atoms with Crippen LogP contribution in [-0.4, -0.2) is 9.97 Å². The summed E-state index contributed by atoms with van der Waals surface area (Å²) in [5.74, 6) is 0.908. The van der Waals surface area contributed by atoms with Crippen LogP contribution in [0.15, 0.2) is 97.3 Å². The van der Waals surface area contributed by atoms with Gasteiger partial charge in [-0.25, -0.2) is 0 Å². The lowest BCUT2D eigenvalue weighted by Gasteiger charge is -2.26. The van der Waals surface area contributed by atoms with E-state index in [4.69, 9.17) is 0 Å². The minimum atomic E-state index is 0.908. The van der Waals surface area contributed by atoms with Gasteiger partial charge in [0.15, 0.2) is 0 Å².